The molecule has 2 nitrogen and oxygen atoms in total. The van der Waals surface area contributed by atoms with Crippen molar-refractivity contribution in [1.29, 1.82) is 0 Å². The summed E-state index contributed by atoms with van der Waals surface area (Å²) in [5.41, 5.74) is 0.845. The van der Waals surface area contributed by atoms with E-state index in [2.05, 4.69) is 15.9 Å². The second kappa shape index (κ2) is 4.26. The van der Waals surface area contributed by atoms with Crippen molar-refractivity contribution in [3.05, 3.63) is 46.4 Å². The number of aliphatic carboxylic acids is 1. The molecular weight excluding hydrogens is 268 g/mol. The van der Waals surface area contributed by atoms with E-state index in [9.17, 15) is 4.79 Å². The first-order valence-electron chi connectivity index (χ1n) is 5.01. The lowest BCUT2D eigenvalue weighted by Crippen LogP contribution is -2.07. The summed E-state index contributed by atoms with van der Waals surface area (Å²) in [5.74, 6) is -1.30. The highest BCUT2D eigenvalue weighted by Gasteiger charge is 2.17. The van der Waals surface area contributed by atoms with Gasteiger partial charge in [-0.3, -0.25) is 4.79 Å². The normalized spacial score (nSPS) is 12.6. The summed E-state index contributed by atoms with van der Waals surface area (Å²) >= 11 is 3.47. The second-order valence-electron chi connectivity index (χ2n) is 3.75. The molecule has 3 heteroatoms. The number of benzene rings is 2. The van der Waals surface area contributed by atoms with Crippen LogP contribution >= 0.6 is 15.9 Å². The van der Waals surface area contributed by atoms with Crippen LogP contribution in [-0.2, 0) is 4.79 Å². The molecule has 82 valence electrons. The Balaban J connectivity index is 2.75. The molecule has 0 aromatic heterocycles. The highest BCUT2D eigenvalue weighted by Crippen LogP contribution is 2.31. The average molecular weight is 279 g/mol. The molecule has 0 saturated carbocycles. The maximum absolute atomic E-state index is 11.0. The number of hydrogen-bond donors (Lipinski definition) is 1. The quantitative estimate of drug-likeness (QED) is 0.908. The molecule has 0 fully saturated rings. The van der Waals surface area contributed by atoms with Crippen molar-refractivity contribution in [2.45, 2.75) is 12.8 Å². The predicted molar refractivity (Wildman–Crippen MR) is 67.7 cm³/mol. The smallest absolute Gasteiger partial charge is 0.310 e. The zero-order valence-electron chi connectivity index (χ0n) is 8.77. The maximum Gasteiger partial charge on any atom is 0.310 e. The zero-order chi connectivity index (χ0) is 11.7. The van der Waals surface area contributed by atoms with Crippen LogP contribution in [0.25, 0.3) is 10.8 Å². The lowest BCUT2D eigenvalue weighted by Gasteiger charge is -2.11. The van der Waals surface area contributed by atoms with Crippen molar-refractivity contribution in [3.8, 4) is 0 Å². The molecule has 0 aliphatic heterocycles. The Morgan fingerprint density at radius 3 is 2.50 bits per heavy atom. The molecular formula is C13H11BrO2. The minimum absolute atomic E-state index is 0.498. The van der Waals surface area contributed by atoms with Crippen LogP contribution in [0.5, 0.6) is 0 Å². The Morgan fingerprint density at radius 1 is 1.25 bits per heavy atom. The summed E-state index contributed by atoms with van der Waals surface area (Å²) in [6, 6.07) is 11.6. The van der Waals surface area contributed by atoms with Crippen molar-refractivity contribution in [3.63, 3.8) is 0 Å². The number of fused-ring (bicyclic) bond motifs is 1. The van der Waals surface area contributed by atoms with Gasteiger partial charge in [0, 0.05) is 4.47 Å². The number of carbonyl (C=O) groups is 1. The van der Waals surface area contributed by atoms with Crippen molar-refractivity contribution in [2.24, 2.45) is 0 Å². The van der Waals surface area contributed by atoms with Gasteiger partial charge in [-0.05, 0) is 29.3 Å². The first kappa shape index (κ1) is 11.1. The summed E-state index contributed by atoms with van der Waals surface area (Å²) < 4.78 is 0.939. The van der Waals surface area contributed by atoms with E-state index in [1.807, 2.05) is 36.4 Å². The Labute approximate surface area is 102 Å². The second-order valence-corrected chi connectivity index (χ2v) is 4.60. The summed E-state index contributed by atoms with van der Waals surface area (Å²) in [6.45, 7) is 1.70. The summed E-state index contributed by atoms with van der Waals surface area (Å²) in [7, 11) is 0. The minimum atomic E-state index is -0.803. The first-order valence-corrected chi connectivity index (χ1v) is 5.80. The van der Waals surface area contributed by atoms with Gasteiger partial charge in [0.2, 0.25) is 0 Å². The Hall–Kier alpha value is -1.35. The van der Waals surface area contributed by atoms with Crippen molar-refractivity contribution in [1.82, 2.24) is 0 Å². The molecule has 0 bridgehead atoms. The predicted octanol–water partition coefficient (Wildman–Crippen LogP) is 3.79. The van der Waals surface area contributed by atoms with Gasteiger partial charge in [-0.2, -0.15) is 0 Å². The molecule has 0 saturated heterocycles. The van der Waals surface area contributed by atoms with Crippen LogP contribution in [0.2, 0.25) is 0 Å². The van der Waals surface area contributed by atoms with Gasteiger partial charge in [-0.15, -0.1) is 0 Å². The Bertz CT molecular complexity index is 543. The van der Waals surface area contributed by atoms with Crippen molar-refractivity contribution < 1.29 is 9.90 Å². The SMILES string of the molecule is CC(C(=O)O)c1cccc2cccc(Br)c12. The minimum Gasteiger partial charge on any atom is -0.481 e. The maximum atomic E-state index is 11.0. The topological polar surface area (TPSA) is 37.3 Å². The molecule has 1 unspecified atom stereocenters. The van der Waals surface area contributed by atoms with Gasteiger partial charge in [-0.25, -0.2) is 0 Å². The van der Waals surface area contributed by atoms with Gasteiger partial charge in [0.15, 0.2) is 0 Å². The first-order chi connectivity index (χ1) is 7.61. The Kier molecular flexibility index (Phi) is 2.97. The fourth-order valence-corrected chi connectivity index (χ4v) is 2.43. The van der Waals surface area contributed by atoms with E-state index in [-0.39, 0.29) is 0 Å². The molecule has 0 aliphatic carbocycles. The third-order valence-electron chi connectivity index (χ3n) is 2.72. The van der Waals surface area contributed by atoms with Crippen LogP contribution in [0.1, 0.15) is 18.4 Å². The van der Waals surface area contributed by atoms with Crippen LogP contribution in [0.3, 0.4) is 0 Å². The van der Waals surface area contributed by atoms with E-state index in [1.165, 1.54) is 0 Å². The van der Waals surface area contributed by atoms with E-state index < -0.39 is 11.9 Å². The van der Waals surface area contributed by atoms with Gasteiger partial charge in [0.25, 0.3) is 0 Å². The zero-order valence-corrected chi connectivity index (χ0v) is 10.4. The monoisotopic (exact) mass is 278 g/mol. The molecule has 2 rings (SSSR count). The number of halogens is 1. The molecule has 0 radical (unpaired) electrons. The average Bonchev–Trinajstić information content (AvgIpc) is 2.27. The highest BCUT2D eigenvalue weighted by atomic mass is 79.9. The largest absolute Gasteiger partial charge is 0.481 e. The third kappa shape index (κ3) is 1.83. The van der Waals surface area contributed by atoms with Gasteiger partial charge < -0.3 is 5.11 Å². The molecule has 0 heterocycles. The standard InChI is InChI=1S/C13H11BrO2/c1-8(13(15)16)10-6-2-4-9-5-3-7-11(14)12(9)10/h2-8H,1H3,(H,15,16). The van der Waals surface area contributed by atoms with E-state index in [4.69, 9.17) is 5.11 Å². The number of hydrogen-bond acceptors (Lipinski definition) is 1. The lowest BCUT2D eigenvalue weighted by atomic mass is 9.95. The fraction of sp³-hybridized carbons (Fsp3) is 0.154. The van der Waals surface area contributed by atoms with Crippen molar-refractivity contribution in [2.75, 3.05) is 0 Å². The van der Waals surface area contributed by atoms with Gasteiger partial charge in [-0.1, -0.05) is 46.3 Å². The van der Waals surface area contributed by atoms with E-state index in [1.54, 1.807) is 6.92 Å². The highest BCUT2D eigenvalue weighted by molar-refractivity contribution is 9.10. The number of rotatable bonds is 2. The van der Waals surface area contributed by atoms with Crippen LogP contribution in [0.4, 0.5) is 0 Å². The molecule has 0 amide bonds. The van der Waals surface area contributed by atoms with Crippen LogP contribution < -0.4 is 0 Å². The van der Waals surface area contributed by atoms with Gasteiger partial charge >= 0.3 is 5.97 Å². The molecule has 2 aromatic rings. The Morgan fingerprint density at radius 2 is 1.88 bits per heavy atom. The molecule has 1 N–H and O–H groups in total. The molecule has 0 spiro atoms. The van der Waals surface area contributed by atoms with Crippen molar-refractivity contribution >= 4 is 32.7 Å². The molecule has 0 aliphatic rings. The van der Waals surface area contributed by atoms with Crippen LogP contribution in [0.15, 0.2) is 40.9 Å². The number of carboxylic acids is 1. The fourth-order valence-electron chi connectivity index (χ4n) is 1.82. The van der Waals surface area contributed by atoms with Crippen LogP contribution in [-0.4, -0.2) is 11.1 Å². The molecule has 16 heavy (non-hydrogen) atoms. The molecule has 2 aromatic carbocycles. The van der Waals surface area contributed by atoms with E-state index >= 15 is 0 Å². The molecule has 1 atom stereocenters. The summed E-state index contributed by atoms with van der Waals surface area (Å²) in [6.07, 6.45) is 0. The summed E-state index contributed by atoms with van der Waals surface area (Å²) in [5, 5.41) is 11.1. The van der Waals surface area contributed by atoms with E-state index in [0.29, 0.717) is 0 Å². The summed E-state index contributed by atoms with van der Waals surface area (Å²) in [4.78, 5) is 11.0. The van der Waals surface area contributed by atoms with Gasteiger partial charge in [0.1, 0.15) is 0 Å². The lowest BCUT2D eigenvalue weighted by molar-refractivity contribution is -0.138. The van der Waals surface area contributed by atoms with E-state index in [0.717, 1.165) is 20.8 Å². The number of carboxylic acid groups (broad SMARTS) is 1. The third-order valence-corrected chi connectivity index (χ3v) is 3.38. The van der Waals surface area contributed by atoms with Crippen LogP contribution in [0, 0.1) is 0 Å². The van der Waals surface area contributed by atoms with Gasteiger partial charge in [0.05, 0.1) is 5.92 Å².